The van der Waals surface area contributed by atoms with Gasteiger partial charge in [-0.1, -0.05) is 5.16 Å². The van der Waals surface area contributed by atoms with E-state index in [1.165, 1.54) is 6.20 Å². The number of carbonyl (C=O) groups excluding carboxylic acids is 1. The lowest BCUT2D eigenvalue weighted by molar-refractivity contribution is 0.0941. The molecule has 0 aliphatic carbocycles. The zero-order valence-corrected chi connectivity index (χ0v) is 11.6. The first-order valence-electron chi connectivity index (χ1n) is 6.18. The number of nitrogens with zero attached hydrogens (tertiary/aromatic N) is 2. The summed E-state index contributed by atoms with van der Waals surface area (Å²) in [4.78, 5) is 16.1. The number of carbonyl (C=O) groups is 1. The second-order valence-electron chi connectivity index (χ2n) is 4.92. The van der Waals surface area contributed by atoms with E-state index in [1.54, 1.807) is 13.0 Å². The number of amides is 1. The van der Waals surface area contributed by atoms with Crippen molar-refractivity contribution in [3.05, 3.63) is 23.5 Å². The fourth-order valence-corrected chi connectivity index (χ4v) is 3.92. The van der Waals surface area contributed by atoms with Crippen LogP contribution >= 0.6 is 0 Å². The minimum absolute atomic E-state index is 0.000701. The lowest BCUT2D eigenvalue weighted by atomic mass is 10.2. The fourth-order valence-electron chi connectivity index (χ4n) is 2.25. The smallest absolute Gasteiger partial charge is 0.257 e. The summed E-state index contributed by atoms with van der Waals surface area (Å²) in [6.45, 7) is 1.76. The first kappa shape index (κ1) is 13.0. The zero-order valence-electron chi connectivity index (χ0n) is 10.8. The van der Waals surface area contributed by atoms with Crippen molar-refractivity contribution in [2.45, 2.75) is 19.4 Å². The van der Waals surface area contributed by atoms with Crippen molar-refractivity contribution >= 4 is 26.8 Å². The first-order valence-corrected chi connectivity index (χ1v) is 8.00. The molecule has 1 atom stereocenters. The van der Waals surface area contributed by atoms with Crippen molar-refractivity contribution in [1.82, 2.24) is 15.5 Å². The van der Waals surface area contributed by atoms with Crippen LogP contribution in [0.25, 0.3) is 11.1 Å². The van der Waals surface area contributed by atoms with Crippen LogP contribution in [-0.4, -0.2) is 42.0 Å². The number of fused-ring (bicyclic) bond motifs is 1. The summed E-state index contributed by atoms with van der Waals surface area (Å²) in [5, 5.41) is 7.17. The molecule has 7 nitrogen and oxygen atoms in total. The average Bonchev–Trinajstić information content (AvgIpc) is 2.93. The molecule has 106 valence electrons. The van der Waals surface area contributed by atoms with Gasteiger partial charge in [0.2, 0.25) is 0 Å². The van der Waals surface area contributed by atoms with Crippen molar-refractivity contribution in [1.29, 1.82) is 0 Å². The molecular formula is C12H13N3O4S. The summed E-state index contributed by atoms with van der Waals surface area (Å²) in [6, 6.07) is 1.32. The monoisotopic (exact) mass is 295 g/mol. The molecule has 3 heterocycles. The molecule has 20 heavy (non-hydrogen) atoms. The van der Waals surface area contributed by atoms with Crippen LogP contribution in [0.3, 0.4) is 0 Å². The Morgan fingerprint density at radius 1 is 1.50 bits per heavy atom. The van der Waals surface area contributed by atoms with E-state index in [4.69, 9.17) is 4.52 Å². The van der Waals surface area contributed by atoms with E-state index in [9.17, 15) is 13.2 Å². The van der Waals surface area contributed by atoms with Gasteiger partial charge < -0.3 is 9.84 Å². The van der Waals surface area contributed by atoms with Gasteiger partial charge in [0.1, 0.15) is 0 Å². The normalized spacial score (nSPS) is 21.1. The van der Waals surface area contributed by atoms with Crippen molar-refractivity contribution in [2.24, 2.45) is 0 Å². The molecule has 0 bridgehead atoms. The highest BCUT2D eigenvalue weighted by Crippen LogP contribution is 2.17. The summed E-state index contributed by atoms with van der Waals surface area (Å²) >= 11 is 0. The maximum absolute atomic E-state index is 12.1. The van der Waals surface area contributed by atoms with Crippen LogP contribution in [0.1, 0.15) is 22.5 Å². The van der Waals surface area contributed by atoms with E-state index in [-0.39, 0.29) is 23.5 Å². The van der Waals surface area contributed by atoms with Crippen molar-refractivity contribution in [3.8, 4) is 0 Å². The van der Waals surface area contributed by atoms with Gasteiger partial charge in [-0.3, -0.25) is 4.79 Å². The van der Waals surface area contributed by atoms with E-state index in [0.717, 1.165) is 0 Å². The van der Waals surface area contributed by atoms with Crippen LogP contribution in [0.4, 0.5) is 0 Å². The predicted molar refractivity (Wildman–Crippen MR) is 71.1 cm³/mol. The number of aromatic nitrogens is 2. The molecule has 1 amide bonds. The number of pyridine rings is 1. The molecule has 1 N–H and O–H groups in total. The third kappa shape index (κ3) is 2.38. The molecule has 1 fully saturated rings. The first-order chi connectivity index (χ1) is 9.44. The Bertz CT molecular complexity index is 781. The molecule has 1 aliphatic rings. The second kappa shape index (κ2) is 4.55. The third-order valence-corrected chi connectivity index (χ3v) is 5.11. The molecule has 0 aromatic carbocycles. The van der Waals surface area contributed by atoms with Crippen molar-refractivity contribution in [3.63, 3.8) is 0 Å². The summed E-state index contributed by atoms with van der Waals surface area (Å²) < 4.78 is 27.7. The molecule has 1 aliphatic heterocycles. The minimum Gasteiger partial charge on any atom is -0.348 e. The van der Waals surface area contributed by atoms with Crippen molar-refractivity contribution in [2.75, 3.05) is 11.5 Å². The highest BCUT2D eigenvalue weighted by atomic mass is 32.2. The van der Waals surface area contributed by atoms with Crippen LogP contribution in [0.15, 0.2) is 16.8 Å². The molecule has 2 aromatic rings. The van der Waals surface area contributed by atoms with Crippen LogP contribution < -0.4 is 5.32 Å². The zero-order chi connectivity index (χ0) is 14.3. The Labute approximate surface area is 115 Å². The number of rotatable bonds is 2. The number of hydrogen-bond acceptors (Lipinski definition) is 6. The van der Waals surface area contributed by atoms with Gasteiger partial charge in [-0.05, 0) is 19.4 Å². The van der Waals surface area contributed by atoms with Gasteiger partial charge in [-0.2, -0.15) is 0 Å². The summed E-state index contributed by atoms with van der Waals surface area (Å²) in [5.41, 5.74) is 1.40. The Kier molecular flexibility index (Phi) is 2.97. The number of sulfone groups is 1. The highest BCUT2D eigenvalue weighted by molar-refractivity contribution is 7.91. The number of aryl methyl sites for hydroxylation is 1. The van der Waals surface area contributed by atoms with Crippen LogP contribution in [0.2, 0.25) is 0 Å². The molecule has 0 radical (unpaired) electrons. The predicted octanol–water partition coefficient (Wildman–Crippen LogP) is 0.448. The minimum atomic E-state index is -3.01. The molecular weight excluding hydrogens is 282 g/mol. The van der Waals surface area contributed by atoms with Crippen LogP contribution in [-0.2, 0) is 9.84 Å². The standard InChI is InChI=1S/C12H13N3O4S/c1-7-10-4-8(5-13-12(10)19-15-7)11(16)14-9-2-3-20(17,18)6-9/h4-5,9H,2-3,6H2,1H3,(H,14,16)/t9-/m1/s1. The van der Waals surface area contributed by atoms with E-state index in [2.05, 4.69) is 15.5 Å². The Morgan fingerprint density at radius 3 is 3.00 bits per heavy atom. The average molecular weight is 295 g/mol. The van der Waals surface area contributed by atoms with Gasteiger partial charge in [0.15, 0.2) is 9.84 Å². The van der Waals surface area contributed by atoms with Crippen LogP contribution in [0.5, 0.6) is 0 Å². The molecule has 0 saturated carbocycles. The molecule has 0 unspecified atom stereocenters. The Balaban J connectivity index is 1.80. The highest BCUT2D eigenvalue weighted by Gasteiger charge is 2.29. The lowest BCUT2D eigenvalue weighted by Crippen LogP contribution is -2.35. The van der Waals surface area contributed by atoms with Gasteiger partial charge in [0.05, 0.1) is 28.1 Å². The van der Waals surface area contributed by atoms with Gasteiger partial charge >= 0.3 is 0 Å². The molecule has 1 saturated heterocycles. The quantitative estimate of drug-likeness (QED) is 0.863. The summed E-state index contributed by atoms with van der Waals surface area (Å²) in [7, 11) is -3.01. The van der Waals surface area contributed by atoms with Crippen molar-refractivity contribution < 1.29 is 17.7 Å². The van der Waals surface area contributed by atoms with Gasteiger partial charge in [-0.25, -0.2) is 13.4 Å². The third-order valence-electron chi connectivity index (χ3n) is 3.34. The topological polar surface area (TPSA) is 102 Å². The van der Waals surface area contributed by atoms with Gasteiger partial charge in [0, 0.05) is 12.2 Å². The summed E-state index contributed by atoms with van der Waals surface area (Å²) in [6.07, 6.45) is 1.85. The molecule has 2 aromatic heterocycles. The van der Waals surface area contributed by atoms with E-state index < -0.39 is 9.84 Å². The Hall–Kier alpha value is -1.96. The SMILES string of the molecule is Cc1noc2ncc(C(=O)N[C@@H]3CCS(=O)(=O)C3)cc12. The van der Waals surface area contributed by atoms with Gasteiger partial charge in [-0.15, -0.1) is 0 Å². The largest absolute Gasteiger partial charge is 0.348 e. The number of nitrogens with one attached hydrogen (secondary N) is 1. The van der Waals surface area contributed by atoms with E-state index in [0.29, 0.717) is 28.8 Å². The summed E-state index contributed by atoms with van der Waals surface area (Å²) in [5.74, 6) is -0.206. The molecule has 3 rings (SSSR count). The van der Waals surface area contributed by atoms with E-state index >= 15 is 0 Å². The number of hydrogen-bond donors (Lipinski definition) is 1. The van der Waals surface area contributed by atoms with Gasteiger partial charge in [0.25, 0.3) is 11.6 Å². The molecule has 8 heteroatoms. The fraction of sp³-hybridized carbons (Fsp3) is 0.417. The van der Waals surface area contributed by atoms with E-state index in [1.807, 2.05) is 0 Å². The second-order valence-corrected chi connectivity index (χ2v) is 7.15. The lowest BCUT2D eigenvalue weighted by Gasteiger charge is -2.10. The molecule has 0 spiro atoms. The maximum Gasteiger partial charge on any atom is 0.257 e. The maximum atomic E-state index is 12.1. The van der Waals surface area contributed by atoms with Crippen LogP contribution in [0, 0.1) is 6.92 Å². The Morgan fingerprint density at radius 2 is 2.30 bits per heavy atom.